The van der Waals surface area contributed by atoms with E-state index in [1.54, 1.807) is 19.2 Å². The third kappa shape index (κ3) is 4.30. The highest BCUT2D eigenvalue weighted by molar-refractivity contribution is 7.99. The van der Waals surface area contributed by atoms with Crippen LogP contribution in [-0.2, 0) is 0 Å². The first-order chi connectivity index (χ1) is 13.0. The Morgan fingerprint density at radius 3 is 2.44 bits per heavy atom. The Kier molecular flexibility index (Phi) is 5.80. The van der Waals surface area contributed by atoms with Crippen LogP contribution < -0.4 is 15.3 Å². The van der Waals surface area contributed by atoms with Crippen LogP contribution in [0.2, 0.25) is 0 Å². The molecule has 0 radical (unpaired) electrons. The van der Waals surface area contributed by atoms with Crippen LogP contribution in [-0.4, -0.2) is 28.6 Å². The molecule has 1 atom stereocenters. The summed E-state index contributed by atoms with van der Waals surface area (Å²) in [5, 5.41) is 8.83. The van der Waals surface area contributed by atoms with Gasteiger partial charge in [0.25, 0.3) is 0 Å². The maximum Gasteiger partial charge on any atom is 0.387 e. The van der Waals surface area contributed by atoms with Crippen molar-refractivity contribution >= 4 is 11.8 Å². The summed E-state index contributed by atoms with van der Waals surface area (Å²) >= 11 is 1.41. The molecular weight excluding hydrogens is 374 g/mol. The van der Waals surface area contributed by atoms with E-state index >= 15 is 0 Å². The van der Waals surface area contributed by atoms with Gasteiger partial charge in [-0.1, -0.05) is 36.0 Å². The number of aromatic nitrogens is 3. The number of nitrogens with two attached hydrogens (primary N) is 1. The molecule has 2 aromatic carbocycles. The molecule has 0 aliphatic heterocycles. The van der Waals surface area contributed by atoms with Gasteiger partial charge in [-0.15, -0.1) is 10.2 Å². The Hall–Kier alpha value is -2.81. The van der Waals surface area contributed by atoms with Crippen molar-refractivity contribution in [2.75, 3.05) is 13.0 Å². The Morgan fingerprint density at radius 2 is 1.78 bits per heavy atom. The zero-order valence-corrected chi connectivity index (χ0v) is 15.5. The smallest absolute Gasteiger partial charge is 0.387 e. The highest BCUT2D eigenvalue weighted by atomic mass is 32.2. The summed E-state index contributed by atoms with van der Waals surface area (Å²) in [6.07, 6.45) is 0. The fourth-order valence-electron chi connectivity index (χ4n) is 2.52. The summed E-state index contributed by atoms with van der Waals surface area (Å²) in [4.78, 5) is 0. The molecule has 1 heterocycles. The van der Waals surface area contributed by atoms with Crippen LogP contribution in [0.4, 0.5) is 8.78 Å². The lowest BCUT2D eigenvalue weighted by atomic mass is 10.2. The van der Waals surface area contributed by atoms with Gasteiger partial charge in [0.1, 0.15) is 11.5 Å². The largest absolute Gasteiger partial charge is 0.496 e. The molecule has 27 heavy (non-hydrogen) atoms. The minimum absolute atomic E-state index is 0.0254. The summed E-state index contributed by atoms with van der Waals surface area (Å²) in [5.74, 6) is 7.43. The first-order valence-corrected chi connectivity index (χ1v) is 8.93. The third-order valence-corrected chi connectivity index (χ3v) is 4.98. The van der Waals surface area contributed by atoms with Gasteiger partial charge in [-0.05, 0) is 36.8 Å². The van der Waals surface area contributed by atoms with E-state index in [0.29, 0.717) is 16.7 Å². The first-order valence-electron chi connectivity index (χ1n) is 8.05. The fourth-order valence-corrected chi connectivity index (χ4v) is 3.41. The molecule has 0 bridgehead atoms. The van der Waals surface area contributed by atoms with Crippen molar-refractivity contribution in [3.05, 3.63) is 54.1 Å². The molecule has 0 aliphatic rings. The molecule has 1 unspecified atom stereocenters. The summed E-state index contributed by atoms with van der Waals surface area (Å²) in [6.45, 7) is -0.878. The van der Waals surface area contributed by atoms with Crippen LogP contribution >= 0.6 is 11.8 Å². The van der Waals surface area contributed by atoms with Gasteiger partial charge in [-0.3, -0.25) is 0 Å². The Morgan fingerprint density at radius 1 is 1.07 bits per heavy atom. The van der Waals surface area contributed by atoms with Gasteiger partial charge in [-0.2, -0.15) is 8.78 Å². The quantitative estimate of drug-likeness (QED) is 0.482. The van der Waals surface area contributed by atoms with Gasteiger partial charge in [0, 0.05) is 5.25 Å². The summed E-state index contributed by atoms with van der Waals surface area (Å²) in [6, 6.07) is 13.9. The summed E-state index contributed by atoms with van der Waals surface area (Å²) in [5.41, 5.74) is 1.66. The number of benzene rings is 2. The number of thioether (sulfide) groups is 1. The van der Waals surface area contributed by atoms with E-state index in [9.17, 15) is 8.78 Å². The van der Waals surface area contributed by atoms with Crippen molar-refractivity contribution in [3.63, 3.8) is 0 Å². The predicted molar refractivity (Wildman–Crippen MR) is 99.5 cm³/mol. The second-order valence-electron chi connectivity index (χ2n) is 5.58. The second-order valence-corrected chi connectivity index (χ2v) is 6.89. The number of para-hydroxylation sites is 1. The average Bonchev–Trinajstić information content (AvgIpc) is 3.02. The van der Waals surface area contributed by atoms with Gasteiger partial charge in [0.05, 0.1) is 12.7 Å². The summed E-state index contributed by atoms with van der Waals surface area (Å²) in [7, 11) is 1.58. The highest BCUT2D eigenvalue weighted by Gasteiger charge is 2.18. The lowest BCUT2D eigenvalue weighted by Gasteiger charge is -2.12. The monoisotopic (exact) mass is 392 g/mol. The van der Waals surface area contributed by atoms with Crippen molar-refractivity contribution in [2.24, 2.45) is 0 Å². The molecule has 0 spiro atoms. The lowest BCUT2D eigenvalue weighted by molar-refractivity contribution is -0.0498. The van der Waals surface area contributed by atoms with Crippen LogP contribution in [0.1, 0.15) is 17.7 Å². The number of ether oxygens (including phenoxy) is 2. The maximum absolute atomic E-state index is 12.2. The normalized spacial score (nSPS) is 12.2. The molecule has 0 amide bonds. The van der Waals surface area contributed by atoms with Crippen LogP contribution in [0, 0.1) is 0 Å². The molecule has 0 saturated heterocycles. The number of hydrogen-bond acceptors (Lipinski definition) is 6. The van der Waals surface area contributed by atoms with Crippen molar-refractivity contribution in [3.8, 4) is 22.9 Å². The van der Waals surface area contributed by atoms with E-state index in [-0.39, 0.29) is 11.0 Å². The number of hydrogen-bond donors (Lipinski definition) is 1. The second kappa shape index (κ2) is 8.26. The Labute approximate surface area is 159 Å². The van der Waals surface area contributed by atoms with Crippen LogP contribution in [0.3, 0.4) is 0 Å². The van der Waals surface area contributed by atoms with Crippen molar-refractivity contribution in [1.29, 1.82) is 0 Å². The van der Waals surface area contributed by atoms with E-state index in [2.05, 4.69) is 14.9 Å². The number of nitrogens with zero attached hydrogens (tertiary/aromatic N) is 3. The molecule has 1 aromatic heterocycles. The van der Waals surface area contributed by atoms with Crippen LogP contribution in [0.5, 0.6) is 11.5 Å². The minimum atomic E-state index is -2.84. The van der Waals surface area contributed by atoms with E-state index in [0.717, 1.165) is 11.1 Å². The molecular formula is C18H18F2N4O2S. The van der Waals surface area contributed by atoms with E-state index < -0.39 is 6.61 Å². The molecule has 9 heteroatoms. The molecule has 0 aliphatic carbocycles. The lowest BCUT2D eigenvalue weighted by Crippen LogP contribution is -2.12. The van der Waals surface area contributed by atoms with Crippen LogP contribution in [0.25, 0.3) is 11.4 Å². The summed E-state index contributed by atoms with van der Waals surface area (Å²) < 4.78 is 35.6. The van der Waals surface area contributed by atoms with Gasteiger partial charge >= 0.3 is 6.61 Å². The standard InChI is InChI=1S/C18H18F2N4O2S/c1-11(12-7-9-13(10-8-12)26-17(19)20)27-18-23-22-16(24(18)21)14-5-3-4-6-15(14)25-2/h3-11,17H,21H2,1-2H3. The molecule has 3 rings (SSSR count). The zero-order valence-electron chi connectivity index (χ0n) is 14.7. The highest BCUT2D eigenvalue weighted by Crippen LogP contribution is 2.36. The topological polar surface area (TPSA) is 75.2 Å². The molecule has 142 valence electrons. The van der Waals surface area contributed by atoms with E-state index in [4.69, 9.17) is 10.6 Å². The Bertz CT molecular complexity index is 903. The van der Waals surface area contributed by atoms with Crippen molar-refractivity contribution in [2.45, 2.75) is 23.9 Å². The van der Waals surface area contributed by atoms with E-state index in [1.807, 2.05) is 31.2 Å². The van der Waals surface area contributed by atoms with Gasteiger partial charge in [-0.25, -0.2) is 4.68 Å². The van der Waals surface area contributed by atoms with Gasteiger partial charge in [0.2, 0.25) is 5.16 Å². The fraction of sp³-hybridized carbons (Fsp3) is 0.222. The molecule has 6 nitrogen and oxygen atoms in total. The van der Waals surface area contributed by atoms with Crippen molar-refractivity contribution < 1.29 is 18.3 Å². The maximum atomic E-state index is 12.2. The predicted octanol–water partition coefficient (Wildman–Crippen LogP) is 4.12. The molecule has 0 saturated carbocycles. The van der Waals surface area contributed by atoms with E-state index in [1.165, 1.54) is 28.6 Å². The minimum Gasteiger partial charge on any atom is -0.496 e. The number of alkyl halides is 2. The number of halogens is 2. The molecule has 3 aromatic rings. The van der Waals surface area contributed by atoms with Gasteiger partial charge in [0.15, 0.2) is 5.82 Å². The Balaban J connectivity index is 1.77. The average molecular weight is 392 g/mol. The molecule has 2 N–H and O–H groups in total. The number of nitrogen functional groups attached to an aromatic ring is 1. The SMILES string of the molecule is COc1ccccc1-c1nnc(SC(C)c2ccc(OC(F)F)cc2)n1N. The zero-order chi connectivity index (χ0) is 19.4. The first kappa shape index (κ1) is 19.0. The van der Waals surface area contributed by atoms with Gasteiger partial charge < -0.3 is 15.3 Å². The number of methoxy groups -OCH3 is 1. The van der Waals surface area contributed by atoms with Crippen LogP contribution in [0.15, 0.2) is 53.7 Å². The third-order valence-electron chi connectivity index (χ3n) is 3.87. The number of rotatable bonds is 7. The van der Waals surface area contributed by atoms with Crippen molar-refractivity contribution in [1.82, 2.24) is 14.9 Å². The molecule has 0 fully saturated rings.